The van der Waals surface area contributed by atoms with Crippen molar-refractivity contribution in [3.63, 3.8) is 0 Å². The van der Waals surface area contributed by atoms with Gasteiger partial charge in [-0.05, 0) is 32.2 Å². The normalized spacial score (nSPS) is 22.6. The monoisotopic (exact) mass is 349 g/mol. The highest BCUT2D eigenvalue weighted by atomic mass is 16.6. The van der Waals surface area contributed by atoms with Crippen LogP contribution >= 0.6 is 0 Å². The van der Waals surface area contributed by atoms with Gasteiger partial charge in [0.05, 0.1) is 17.4 Å². The molecule has 2 aliphatic rings. The van der Waals surface area contributed by atoms with E-state index in [1.807, 2.05) is 0 Å². The number of likely N-dealkylation sites (tertiary alicyclic amines) is 1. The second kappa shape index (κ2) is 8.42. The summed E-state index contributed by atoms with van der Waals surface area (Å²) in [5.74, 6) is 0.258. The molecular formula is C17H27N5O3. The number of hydrogen-bond acceptors (Lipinski definition) is 5. The van der Waals surface area contributed by atoms with Crippen molar-refractivity contribution >= 4 is 11.6 Å². The van der Waals surface area contributed by atoms with Gasteiger partial charge in [-0.15, -0.1) is 0 Å². The predicted octanol–water partition coefficient (Wildman–Crippen LogP) is 1.95. The molecule has 1 aromatic heterocycles. The SMILES string of the molecule is O=C(NC1CCCCC1)C1CCCN(CCn2cc([N+](=O)[O-])cn2)C1. The van der Waals surface area contributed by atoms with Crippen LogP contribution in [0.5, 0.6) is 0 Å². The Morgan fingerprint density at radius 3 is 2.76 bits per heavy atom. The largest absolute Gasteiger partial charge is 0.353 e. The first-order chi connectivity index (χ1) is 12.1. The van der Waals surface area contributed by atoms with Crippen LogP contribution in [0.15, 0.2) is 12.4 Å². The van der Waals surface area contributed by atoms with Gasteiger partial charge in [0.25, 0.3) is 0 Å². The second-order valence-corrected chi connectivity index (χ2v) is 7.20. The topological polar surface area (TPSA) is 93.3 Å². The van der Waals surface area contributed by atoms with Crippen molar-refractivity contribution in [2.24, 2.45) is 5.92 Å². The predicted molar refractivity (Wildman–Crippen MR) is 93.1 cm³/mol. The molecule has 1 saturated heterocycles. The van der Waals surface area contributed by atoms with Crippen molar-refractivity contribution in [2.75, 3.05) is 19.6 Å². The minimum Gasteiger partial charge on any atom is -0.353 e. The number of hydrogen-bond donors (Lipinski definition) is 1. The number of piperidine rings is 1. The third kappa shape index (κ3) is 5.01. The lowest BCUT2D eigenvalue weighted by atomic mass is 9.93. The van der Waals surface area contributed by atoms with Gasteiger partial charge >= 0.3 is 5.69 Å². The molecule has 1 aliphatic heterocycles. The molecule has 0 radical (unpaired) electrons. The maximum atomic E-state index is 12.5. The molecule has 1 atom stereocenters. The fourth-order valence-corrected chi connectivity index (χ4v) is 3.85. The van der Waals surface area contributed by atoms with Crippen LogP contribution in [-0.4, -0.2) is 51.2 Å². The van der Waals surface area contributed by atoms with Crippen LogP contribution < -0.4 is 5.32 Å². The van der Waals surface area contributed by atoms with Crippen LogP contribution in [0.1, 0.15) is 44.9 Å². The number of nitro groups is 1. The molecule has 2 fully saturated rings. The van der Waals surface area contributed by atoms with Crippen molar-refractivity contribution in [3.05, 3.63) is 22.5 Å². The summed E-state index contributed by atoms with van der Waals surface area (Å²) in [6, 6.07) is 0.362. The van der Waals surface area contributed by atoms with Crippen LogP contribution in [0, 0.1) is 16.0 Å². The number of amides is 1. The Morgan fingerprint density at radius 2 is 2.04 bits per heavy atom. The first-order valence-corrected chi connectivity index (χ1v) is 9.31. The zero-order chi connectivity index (χ0) is 17.6. The van der Waals surface area contributed by atoms with E-state index >= 15 is 0 Å². The minimum absolute atomic E-state index is 0.0170. The molecule has 1 unspecified atom stereocenters. The molecular weight excluding hydrogens is 322 g/mol. The van der Waals surface area contributed by atoms with Gasteiger partial charge in [0, 0.05) is 19.1 Å². The molecule has 0 aromatic carbocycles. The van der Waals surface area contributed by atoms with Crippen molar-refractivity contribution in [1.82, 2.24) is 20.0 Å². The van der Waals surface area contributed by atoms with E-state index in [0.717, 1.165) is 45.3 Å². The second-order valence-electron chi connectivity index (χ2n) is 7.20. The van der Waals surface area contributed by atoms with Crippen LogP contribution in [0.4, 0.5) is 5.69 Å². The molecule has 8 nitrogen and oxygen atoms in total. The molecule has 1 aliphatic carbocycles. The van der Waals surface area contributed by atoms with Crippen LogP contribution in [-0.2, 0) is 11.3 Å². The van der Waals surface area contributed by atoms with Gasteiger partial charge in [0.1, 0.15) is 12.4 Å². The number of nitrogens with one attached hydrogen (secondary N) is 1. The number of carbonyl (C=O) groups is 1. The summed E-state index contributed by atoms with van der Waals surface area (Å²) < 4.78 is 1.60. The third-order valence-corrected chi connectivity index (χ3v) is 5.30. The number of rotatable bonds is 6. The Hall–Kier alpha value is -1.96. The molecule has 0 bridgehead atoms. The lowest BCUT2D eigenvalue weighted by molar-refractivity contribution is -0.385. The standard InChI is InChI=1S/C17H27N5O3/c23-17(19-15-6-2-1-3-7-15)14-5-4-8-20(12-14)9-10-21-13-16(11-18-21)22(24)25/h11,13-15H,1-10,12H2,(H,19,23). The van der Waals surface area contributed by atoms with E-state index in [0.29, 0.717) is 12.6 Å². The first-order valence-electron chi connectivity index (χ1n) is 9.31. The van der Waals surface area contributed by atoms with E-state index in [-0.39, 0.29) is 17.5 Å². The highest BCUT2D eigenvalue weighted by molar-refractivity contribution is 5.79. The quantitative estimate of drug-likeness (QED) is 0.626. The molecule has 138 valence electrons. The lowest BCUT2D eigenvalue weighted by Crippen LogP contribution is -2.46. The molecule has 25 heavy (non-hydrogen) atoms. The van der Waals surface area contributed by atoms with Gasteiger partial charge in [-0.25, -0.2) is 0 Å². The van der Waals surface area contributed by atoms with Crippen LogP contribution in [0.3, 0.4) is 0 Å². The summed E-state index contributed by atoms with van der Waals surface area (Å²) in [4.78, 5) is 25.1. The number of aromatic nitrogens is 2. The van der Waals surface area contributed by atoms with Gasteiger partial charge in [0.15, 0.2) is 0 Å². The van der Waals surface area contributed by atoms with Gasteiger partial charge in [-0.3, -0.25) is 19.6 Å². The summed E-state index contributed by atoms with van der Waals surface area (Å²) in [7, 11) is 0. The molecule has 1 saturated carbocycles. The Morgan fingerprint density at radius 1 is 1.24 bits per heavy atom. The van der Waals surface area contributed by atoms with Crippen LogP contribution in [0.2, 0.25) is 0 Å². The highest BCUT2D eigenvalue weighted by Gasteiger charge is 2.27. The molecule has 1 aromatic rings. The zero-order valence-corrected chi connectivity index (χ0v) is 14.6. The molecule has 8 heteroatoms. The molecule has 1 amide bonds. The van der Waals surface area contributed by atoms with Gasteiger partial charge < -0.3 is 10.2 Å². The Labute approximate surface area is 147 Å². The summed E-state index contributed by atoms with van der Waals surface area (Å²) >= 11 is 0. The van der Waals surface area contributed by atoms with Crippen LogP contribution in [0.25, 0.3) is 0 Å². The van der Waals surface area contributed by atoms with E-state index in [4.69, 9.17) is 0 Å². The molecule has 2 heterocycles. The van der Waals surface area contributed by atoms with Crippen molar-refractivity contribution in [2.45, 2.75) is 57.5 Å². The smallest absolute Gasteiger partial charge is 0.306 e. The Balaban J connectivity index is 1.45. The average molecular weight is 349 g/mol. The molecule has 3 rings (SSSR count). The number of carbonyl (C=O) groups excluding carboxylic acids is 1. The maximum absolute atomic E-state index is 12.5. The van der Waals surface area contributed by atoms with E-state index in [1.54, 1.807) is 4.68 Å². The van der Waals surface area contributed by atoms with E-state index < -0.39 is 4.92 Å². The van der Waals surface area contributed by atoms with E-state index in [9.17, 15) is 14.9 Å². The minimum atomic E-state index is -0.434. The number of nitrogens with zero attached hydrogens (tertiary/aromatic N) is 4. The van der Waals surface area contributed by atoms with Gasteiger partial charge in [-0.1, -0.05) is 19.3 Å². The molecule has 1 N–H and O–H groups in total. The van der Waals surface area contributed by atoms with Crippen molar-refractivity contribution in [1.29, 1.82) is 0 Å². The van der Waals surface area contributed by atoms with Crippen molar-refractivity contribution < 1.29 is 9.72 Å². The fourth-order valence-electron chi connectivity index (χ4n) is 3.85. The van der Waals surface area contributed by atoms with Gasteiger partial charge in [0.2, 0.25) is 5.91 Å². The Kier molecular flexibility index (Phi) is 6.01. The summed E-state index contributed by atoms with van der Waals surface area (Å²) in [6.45, 7) is 3.09. The fraction of sp³-hybridized carbons (Fsp3) is 0.765. The highest BCUT2D eigenvalue weighted by Crippen LogP contribution is 2.20. The maximum Gasteiger partial charge on any atom is 0.306 e. The van der Waals surface area contributed by atoms with E-state index in [2.05, 4.69) is 15.3 Å². The van der Waals surface area contributed by atoms with E-state index in [1.165, 1.54) is 31.7 Å². The lowest BCUT2D eigenvalue weighted by Gasteiger charge is -2.33. The summed E-state index contributed by atoms with van der Waals surface area (Å²) in [6.07, 6.45) is 10.6. The van der Waals surface area contributed by atoms with Crippen molar-refractivity contribution in [3.8, 4) is 0 Å². The first kappa shape index (κ1) is 17.8. The Bertz CT molecular complexity index is 597. The summed E-state index contributed by atoms with van der Waals surface area (Å²) in [5.41, 5.74) is 0.0170. The van der Waals surface area contributed by atoms with Gasteiger partial charge in [-0.2, -0.15) is 5.10 Å². The third-order valence-electron chi connectivity index (χ3n) is 5.30. The summed E-state index contributed by atoms with van der Waals surface area (Å²) in [5, 5.41) is 18.0. The molecule has 0 spiro atoms. The zero-order valence-electron chi connectivity index (χ0n) is 14.6. The average Bonchev–Trinajstić information content (AvgIpc) is 3.10.